The maximum atomic E-state index is 12.7. The van der Waals surface area contributed by atoms with E-state index in [-0.39, 0.29) is 5.91 Å². The third-order valence-electron chi connectivity index (χ3n) is 4.54. The van der Waals surface area contributed by atoms with Gasteiger partial charge in [-0.1, -0.05) is 13.8 Å². The van der Waals surface area contributed by atoms with Crippen LogP contribution in [0.5, 0.6) is 0 Å². The van der Waals surface area contributed by atoms with Crippen molar-refractivity contribution >= 4 is 11.7 Å². The van der Waals surface area contributed by atoms with Crippen LogP contribution in [0.4, 0.5) is 5.82 Å². The highest BCUT2D eigenvalue weighted by atomic mass is 16.7. The lowest BCUT2D eigenvalue weighted by atomic mass is 10.0. The number of hydrogen-bond donors (Lipinski definition) is 1. The molecule has 1 spiro atoms. The maximum Gasteiger partial charge on any atom is 0.272 e. The van der Waals surface area contributed by atoms with Gasteiger partial charge in [-0.3, -0.25) is 4.79 Å². The molecule has 3 heterocycles. The highest BCUT2D eigenvalue weighted by molar-refractivity contribution is 5.93. The molecule has 1 aromatic heterocycles. The lowest BCUT2D eigenvalue weighted by Gasteiger charge is -2.37. The zero-order valence-electron chi connectivity index (χ0n) is 14.5. The molecule has 0 bridgehead atoms. The van der Waals surface area contributed by atoms with Gasteiger partial charge in [0.1, 0.15) is 17.8 Å². The smallest absolute Gasteiger partial charge is 0.272 e. The second kappa shape index (κ2) is 7.44. The van der Waals surface area contributed by atoms with Gasteiger partial charge in [0.2, 0.25) is 0 Å². The van der Waals surface area contributed by atoms with Crippen LogP contribution in [0.1, 0.15) is 43.6 Å². The summed E-state index contributed by atoms with van der Waals surface area (Å²) >= 11 is 0. The summed E-state index contributed by atoms with van der Waals surface area (Å²) < 4.78 is 11.4. The molecule has 0 saturated carbocycles. The lowest BCUT2D eigenvalue weighted by molar-refractivity contribution is -0.181. The minimum absolute atomic E-state index is 0.0582. The van der Waals surface area contributed by atoms with Gasteiger partial charge in [0, 0.05) is 38.5 Å². The Hall–Kier alpha value is -1.73. The number of ether oxygens (including phenoxy) is 2. The van der Waals surface area contributed by atoms with Crippen molar-refractivity contribution in [3.63, 3.8) is 0 Å². The van der Waals surface area contributed by atoms with Crippen LogP contribution in [-0.2, 0) is 9.47 Å². The number of nitrogens with one attached hydrogen (secondary N) is 1. The highest BCUT2D eigenvalue weighted by Crippen LogP contribution is 2.31. The van der Waals surface area contributed by atoms with E-state index in [0.29, 0.717) is 56.6 Å². The summed E-state index contributed by atoms with van der Waals surface area (Å²) in [5.41, 5.74) is 0.432. The first-order valence-corrected chi connectivity index (χ1v) is 8.71. The Morgan fingerprint density at radius 3 is 2.67 bits per heavy atom. The highest BCUT2D eigenvalue weighted by Gasteiger charge is 2.41. The van der Waals surface area contributed by atoms with Crippen LogP contribution in [-0.4, -0.2) is 59.4 Å². The van der Waals surface area contributed by atoms with E-state index in [1.165, 1.54) is 6.33 Å². The maximum absolute atomic E-state index is 12.7. The molecule has 1 amide bonds. The van der Waals surface area contributed by atoms with E-state index in [1.807, 2.05) is 4.90 Å². The molecule has 7 heteroatoms. The first kappa shape index (κ1) is 17.1. The van der Waals surface area contributed by atoms with Gasteiger partial charge in [0.25, 0.3) is 5.91 Å². The molecule has 3 rings (SSSR count). The lowest BCUT2D eigenvalue weighted by Crippen LogP contribution is -2.47. The van der Waals surface area contributed by atoms with Gasteiger partial charge in [-0.2, -0.15) is 0 Å². The summed E-state index contributed by atoms with van der Waals surface area (Å²) in [6, 6.07) is 1.73. The number of carbonyl (C=O) groups is 1. The van der Waals surface area contributed by atoms with Gasteiger partial charge < -0.3 is 19.7 Å². The van der Waals surface area contributed by atoms with E-state index in [0.717, 1.165) is 13.0 Å². The molecule has 1 aromatic rings. The van der Waals surface area contributed by atoms with Gasteiger partial charge in [0.15, 0.2) is 5.79 Å². The quantitative estimate of drug-likeness (QED) is 0.886. The van der Waals surface area contributed by atoms with Crippen LogP contribution in [0, 0.1) is 5.92 Å². The Kier molecular flexibility index (Phi) is 5.30. The SMILES string of the molecule is CC(C)CCNc1cc(C(=O)N2CCC3(CC2)OCCO3)ncn1. The van der Waals surface area contributed by atoms with Crippen molar-refractivity contribution in [2.75, 3.05) is 38.2 Å². The fourth-order valence-electron chi connectivity index (χ4n) is 3.06. The number of rotatable bonds is 5. The van der Waals surface area contributed by atoms with Crippen LogP contribution in [0.25, 0.3) is 0 Å². The molecule has 0 atom stereocenters. The van der Waals surface area contributed by atoms with Crippen molar-refractivity contribution in [3.8, 4) is 0 Å². The van der Waals surface area contributed by atoms with Crippen molar-refractivity contribution in [2.24, 2.45) is 5.92 Å². The van der Waals surface area contributed by atoms with E-state index < -0.39 is 5.79 Å². The van der Waals surface area contributed by atoms with Crippen molar-refractivity contribution < 1.29 is 14.3 Å². The van der Waals surface area contributed by atoms with E-state index in [2.05, 4.69) is 29.1 Å². The predicted octanol–water partition coefficient (Wildman–Crippen LogP) is 1.91. The van der Waals surface area contributed by atoms with Crippen molar-refractivity contribution in [1.82, 2.24) is 14.9 Å². The Labute approximate surface area is 142 Å². The third kappa shape index (κ3) is 4.02. The largest absolute Gasteiger partial charge is 0.370 e. The van der Waals surface area contributed by atoms with Gasteiger partial charge in [-0.15, -0.1) is 0 Å². The predicted molar refractivity (Wildman–Crippen MR) is 89.7 cm³/mol. The Balaban J connectivity index is 1.57. The first-order chi connectivity index (χ1) is 11.6. The third-order valence-corrected chi connectivity index (χ3v) is 4.54. The number of hydrogen-bond acceptors (Lipinski definition) is 6. The number of likely N-dealkylation sites (tertiary alicyclic amines) is 1. The Morgan fingerprint density at radius 2 is 2.00 bits per heavy atom. The standard InChI is InChI=1S/C17H26N4O3/c1-13(2)3-6-18-15-11-14(19-12-20-15)16(22)21-7-4-17(5-8-21)23-9-10-24-17/h11-13H,3-10H2,1-2H3,(H,18,19,20). The average molecular weight is 334 g/mol. The van der Waals surface area contributed by atoms with Crippen molar-refractivity contribution in [2.45, 2.75) is 38.9 Å². The number of carbonyl (C=O) groups excluding carboxylic acids is 1. The summed E-state index contributed by atoms with van der Waals surface area (Å²) in [6.07, 6.45) is 3.92. The molecule has 0 aromatic carbocycles. The summed E-state index contributed by atoms with van der Waals surface area (Å²) in [4.78, 5) is 22.8. The van der Waals surface area contributed by atoms with Crippen LogP contribution >= 0.6 is 0 Å². The fraction of sp³-hybridized carbons (Fsp3) is 0.706. The van der Waals surface area contributed by atoms with Crippen LogP contribution in [0.2, 0.25) is 0 Å². The zero-order valence-corrected chi connectivity index (χ0v) is 14.5. The number of anilines is 1. The minimum atomic E-state index is -0.466. The topological polar surface area (TPSA) is 76.6 Å². The molecule has 2 fully saturated rings. The van der Waals surface area contributed by atoms with Crippen LogP contribution < -0.4 is 5.32 Å². The van der Waals surface area contributed by atoms with E-state index >= 15 is 0 Å². The number of amides is 1. The summed E-state index contributed by atoms with van der Waals surface area (Å²) in [6.45, 7) is 7.73. The van der Waals surface area contributed by atoms with Crippen molar-refractivity contribution in [3.05, 3.63) is 18.1 Å². The second-order valence-electron chi connectivity index (χ2n) is 6.80. The van der Waals surface area contributed by atoms with Crippen molar-refractivity contribution in [1.29, 1.82) is 0 Å². The van der Waals surface area contributed by atoms with Crippen LogP contribution in [0.3, 0.4) is 0 Å². The number of nitrogens with zero attached hydrogens (tertiary/aromatic N) is 3. The van der Waals surface area contributed by atoms with Gasteiger partial charge in [0.05, 0.1) is 13.2 Å². The van der Waals surface area contributed by atoms with E-state index in [9.17, 15) is 4.79 Å². The number of piperidine rings is 1. The molecule has 2 aliphatic heterocycles. The van der Waals surface area contributed by atoms with E-state index in [4.69, 9.17) is 9.47 Å². The number of aromatic nitrogens is 2. The van der Waals surface area contributed by atoms with Gasteiger partial charge in [-0.05, 0) is 12.3 Å². The average Bonchev–Trinajstić information content (AvgIpc) is 3.03. The molecule has 24 heavy (non-hydrogen) atoms. The molecule has 2 saturated heterocycles. The molecule has 0 aliphatic carbocycles. The normalized spacial score (nSPS) is 19.9. The van der Waals surface area contributed by atoms with E-state index in [1.54, 1.807) is 6.07 Å². The Bertz CT molecular complexity index is 563. The molecule has 0 radical (unpaired) electrons. The molecule has 132 valence electrons. The minimum Gasteiger partial charge on any atom is -0.370 e. The summed E-state index contributed by atoms with van der Waals surface area (Å²) in [7, 11) is 0. The molecule has 1 N–H and O–H groups in total. The fourth-order valence-corrected chi connectivity index (χ4v) is 3.06. The monoisotopic (exact) mass is 334 g/mol. The van der Waals surface area contributed by atoms with Gasteiger partial charge >= 0.3 is 0 Å². The summed E-state index contributed by atoms with van der Waals surface area (Å²) in [5.74, 6) is 0.801. The summed E-state index contributed by atoms with van der Waals surface area (Å²) in [5, 5.41) is 3.25. The molecule has 2 aliphatic rings. The zero-order chi connectivity index (χ0) is 17.0. The molecular formula is C17H26N4O3. The molecular weight excluding hydrogens is 308 g/mol. The second-order valence-corrected chi connectivity index (χ2v) is 6.80. The van der Waals surface area contributed by atoms with Gasteiger partial charge in [-0.25, -0.2) is 9.97 Å². The first-order valence-electron chi connectivity index (χ1n) is 8.71. The molecule has 7 nitrogen and oxygen atoms in total. The molecule has 0 unspecified atom stereocenters. The Morgan fingerprint density at radius 1 is 1.29 bits per heavy atom. The van der Waals surface area contributed by atoms with Crippen LogP contribution in [0.15, 0.2) is 12.4 Å².